The van der Waals surface area contributed by atoms with Gasteiger partial charge in [0.1, 0.15) is 6.61 Å². The number of ether oxygens (including phenoxy) is 1. The molecule has 29 heavy (non-hydrogen) atoms. The Balaban J connectivity index is 2.53. The Labute approximate surface area is 177 Å². The first-order valence-electron chi connectivity index (χ1n) is 10.5. The van der Waals surface area contributed by atoms with Crippen LogP contribution in [-0.2, 0) is 11.3 Å². The number of rotatable bonds is 16. The van der Waals surface area contributed by atoms with Gasteiger partial charge >= 0.3 is 0 Å². The van der Waals surface area contributed by atoms with Crippen LogP contribution in [0.4, 0.5) is 0 Å². The molecule has 4 heteroatoms. The van der Waals surface area contributed by atoms with Crippen molar-refractivity contribution in [1.82, 2.24) is 16.0 Å². The summed E-state index contributed by atoms with van der Waals surface area (Å²) in [6, 6.07) is 10.3. The molecule has 2 unspecified atom stereocenters. The van der Waals surface area contributed by atoms with Crippen LogP contribution in [0, 0.1) is 5.92 Å². The highest BCUT2D eigenvalue weighted by molar-refractivity contribution is 5.14. The fourth-order valence-electron chi connectivity index (χ4n) is 2.96. The third-order valence-electron chi connectivity index (χ3n) is 4.52. The molecule has 1 rings (SSSR count). The first-order chi connectivity index (χ1) is 13.8. The van der Waals surface area contributed by atoms with E-state index >= 15 is 0 Å². The third kappa shape index (κ3) is 10.5. The van der Waals surface area contributed by atoms with E-state index in [1.165, 1.54) is 0 Å². The van der Waals surface area contributed by atoms with Gasteiger partial charge in [0.2, 0.25) is 0 Å². The van der Waals surface area contributed by atoms with Crippen molar-refractivity contribution >= 4 is 0 Å². The average molecular weight is 398 g/mol. The van der Waals surface area contributed by atoms with Gasteiger partial charge < -0.3 is 20.7 Å². The summed E-state index contributed by atoms with van der Waals surface area (Å²) in [5, 5.41) is 10.2. The maximum absolute atomic E-state index is 5.79. The van der Waals surface area contributed by atoms with E-state index in [0.29, 0.717) is 25.0 Å². The molecule has 4 nitrogen and oxygen atoms in total. The van der Waals surface area contributed by atoms with Gasteiger partial charge in [0.05, 0.1) is 12.6 Å². The van der Waals surface area contributed by atoms with Gasteiger partial charge in [-0.3, -0.25) is 0 Å². The molecule has 160 valence electrons. The molecule has 0 aliphatic carbocycles. The maximum atomic E-state index is 5.79. The van der Waals surface area contributed by atoms with Gasteiger partial charge in [0, 0.05) is 17.4 Å². The average Bonchev–Trinajstić information content (AvgIpc) is 2.70. The highest BCUT2D eigenvalue weighted by Crippen LogP contribution is 2.13. The van der Waals surface area contributed by atoms with Crippen LogP contribution in [0.2, 0.25) is 0 Å². The standard InChI is InChI=1S/C25H39N3O/c1-8-13-24(9-2)27-20(5)17-26-21(6)25(16-19(3)4)28-22(7)29-18-23-14-11-10-12-15-23/h9-12,14-15,19,24-28H,2,5-8,13,16-18H2,1,3-4H3. The van der Waals surface area contributed by atoms with Gasteiger partial charge in [-0.05, 0) is 30.9 Å². The molecule has 0 aliphatic heterocycles. The Morgan fingerprint density at radius 3 is 2.38 bits per heavy atom. The number of hydrogen-bond acceptors (Lipinski definition) is 4. The Kier molecular flexibility index (Phi) is 11.4. The van der Waals surface area contributed by atoms with Crippen molar-refractivity contribution < 1.29 is 4.74 Å². The molecule has 0 spiro atoms. The lowest BCUT2D eigenvalue weighted by atomic mass is 10.0. The molecular formula is C25H39N3O. The van der Waals surface area contributed by atoms with E-state index in [4.69, 9.17) is 4.74 Å². The van der Waals surface area contributed by atoms with Crippen molar-refractivity contribution in [1.29, 1.82) is 0 Å². The smallest absolute Gasteiger partial charge is 0.180 e. The molecule has 0 saturated heterocycles. The van der Waals surface area contributed by atoms with E-state index in [-0.39, 0.29) is 12.1 Å². The van der Waals surface area contributed by atoms with Crippen LogP contribution in [0.3, 0.4) is 0 Å². The molecule has 0 heterocycles. The Hall–Kier alpha value is -2.62. The van der Waals surface area contributed by atoms with Crippen LogP contribution in [0.5, 0.6) is 0 Å². The van der Waals surface area contributed by atoms with Crippen molar-refractivity contribution in [2.75, 3.05) is 6.54 Å². The van der Waals surface area contributed by atoms with Crippen LogP contribution in [-0.4, -0.2) is 18.6 Å². The third-order valence-corrected chi connectivity index (χ3v) is 4.52. The zero-order chi connectivity index (χ0) is 21.6. The van der Waals surface area contributed by atoms with E-state index in [2.05, 4.69) is 63.0 Å². The minimum atomic E-state index is 0.0249. The summed E-state index contributed by atoms with van der Waals surface area (Å²) in [6.07, 6.45) is 4.99. The second-order valence-electron chi connectivity index (χ2n) is 7.78. The van der Waals surface area contributed by atoms with Crippen molar-refractivity contribution in [2.45, 2.75) is 58.7 Å². The van der Waals surface area contributed by atoms with Crippen LogP contribution < -0.4 is 16.0 Å². The summed E-state index contributed by atoms with van der Waals surface area (Å²) in [6.45, 7) is 23.9. The second kappa shape index (κ2) is 13.5. The largest absolute Gasteiger partial charge is 0.475 e. The number of nitrogens with one attached hydrogen (secondary N) is 3. The Bertz CT molecular complexity index is 651. The van der Waals surface area contributed by atoms with E-state index < -0.39 is 0 Å². The molecule has 0 aromatic heterocycles. The molecule has 1 aromatic carbocycles. The van der Waals surface area contributed by atoms with Crippen LogP contribution in [0.1, 0.15) is 45.6 Å². The monoisotopic (exact) mass is 397 g/mol. The van der Waals surface area contributed by atoms with E-state index in [0.717, 1.165) is 36.2 Å². The van der Waals surface area contributed by atoms with Gasteiger partial charge in [-0.2, -0.15) is 0 Å². The van der Waals surface area contributed by atoms with Gasteiger partial charge in [-0.1, -0.05) is 76.8 Å². The quantitative estimate of drug-likeness (QED) is 0.264. The van der Waals surface area contributed by atoms with Gasteiger partial charge in [-0.25, -0.2) is 0 Å². The summed E-state index contributed by atoms with van der Waals surface area (Å²) in [7, 11) is 0. The summed E-state index contributed by atoms with van der Waals surface area (Å²) >= 11 is 0. The van der Waals surface area contributed by atoms with E-state index in [1.54, 1.807) is 0 Å². The summed E-state index contributed by atoms with van der Waals surface area (Å²) < 4.78 is 5.79. The first kappa shape index (κ1) is 24.4. The van der Waals surface area contributed by atoms with E-state index in [9.17, 15) is 0 Å². The SMILES string of the molecule is C=CC(CCC)NC(=C)CNC(=C)C(CC(C)C)NC(=C)OCc1ccccc1. The molecule has 0 saturated carbocycles. The van der Waals surface area contributed by atoms with E-state index in [1.807, 2.05) is 36.4 Å². The molecule has 0 bridgehead atoms. The number of benzene rings is 1. The maximum Gasteiger partial charge on any atom is 0.180 e. The first-order valence-corrected chi connectivity index (χ1v) is 10.5. The zero-order valence-corrected chi connectivity index (χ0v) is 18.5. The Morgan fingerprint density at radius 2 is 1.79 bits per heavy atom. The van der Waals surface area contributed by atoms with Crippen LogP contribution in [0.25, 0.3) is 0 Å². The zero-order valence-electron chi connectivity index (χ0n) is 18.5. The lowest BCUT2D eigenvalue weighted by Gasteiger charge is -2.26. The van der Waals surface area contributed by atoms with Gasteiger partial charge in [-0.15, -0.1) is 6.58 Å². The summed E-state index contributed by atoms with van der Waals surface area (Å²) in [5.41, 5.74) is 2.93. The second-order valence-corrected chi connectivity index (χ2v) is 7.78. The topological polar surface area (TPSA) is 45.3 Å². The van der Waals surface area contributed by atoms with Crippen LogP contribution in [0.15, 0.2) is 80.0 Å². The van der Waals surface area contributed by atoms with Crippen molar-refractivity contribution in [2.24, 2.45) is 5.92 Å². The van der Waals surface area contributed by atoms with Crippen LogP contribution >= 0.6 is 0 Å². The van der Waals surface area contributed by atoms with Gasteiger partial charge in [0.25, 0.3) is 0 Å². The highest BCUT2D eigenvalue weighted by atomic mass is 16.5. The lowest BCUT2D eigenvalue weighted by molar-refractivity contribution is 0.171. The molecule has 0 radical (unpaired) electrons. The normalized spacial score (nSPS) is 12.6. The van der Waals surface area contributed by atoms with Crippen molar-refractivity contribution in [3.05, 3.63) is 85.6 Å². The molecule has 0 aliphatic rings. The lowest BCUT2D eigenvalue weighted by Crippen LogP contribution is -2.39. The number of hydrogen-bond donors (Lipinski definition) is 3. The summed E-state index contributed by atoms with van der Waals surface area (Å²) in [4.78, 5) is 0. The fourth-order valence-corrected chi connectivity index (χ4v) is 2.96. The fraction of sp³-hybridized carbons (Fsp3) is 0.440. The molecule has 0 amide bonds. The van der Waals surface area contributed by atoms with Crippen molar-refractivity contribution in [3.8, 4) is 0 Å². The van der Waals surface area contributed by atoms with Crippen molar-refractivity contribution in [3.63, 3.8) is 0 Å². The molecular weight excluding hydrogens is 358 g/mol. The predicted octanol–water partition coefficient (Wildman–Crippen LogP) is 5.24. The summed E-state index contributed by atoms with van der Waals surface area (Å²) in [5.74, 6) is 1.05. The molecule has 0 fully saturated rings. The minimum Gasteiger partial charge on any atom is -0.475 e. The molecule has 3 N–H and O–H groups in total. The predicted molar refractivity (Wildman–Crippen MR) is 125 cm³/mol. The molecule has 1 aromatic rings. The highest BCUT2D eigenvalue weighted by Gasteiger charge is 2.16. The minimum absolute atomic E-state index is 0.0249. The Morgan fingerprint density at radius 1 is 1.10 bits per heavy atom. The molecule has 2 atom stereocenters. The van der Waals surface area contributed by atoms with Gasteiger partial charge in [0.15, 0.2) is 5.88 Å².